The topological polar surface area (TPSA) is 156 Å². The Bertz CT molecular complexity index is 1680. The molecule has 0 saturated carbocycles. The number of aromatic nitrogens is 2. The minimum Gasteiger partial charge on any atom is -0.480 e. The number of carboxylic acid groups (broad SMARTS) is 1. The highest BCUT2D eigenvalue weighted by Crippen LogP contribution is 2.30. The van der Waals surface area contributed by atoms with Crippen LogP contribution < -0.4 is 16.0 Å². The third-order valence-corrected chi connectivity index (χ3v) is 5.99. The molecule has 0 spiro atoms. The van der Waals surface area contributed by atoms with Gasteiger partial charge in [-0.05, 0) is 87.0 Å². The Hall–Kier alpha value is -5.47. The molecular weight excluding hydrogens is 602 g/mol. The van der Waals surface area contributed by atoms with E-state index in [0.717, 1.165) is 30.3 Å². The van der Waals surface area contributed by atoms with Gasteiger partial charge in [0.2, 0.25) is 5.82 Å². The van der Waals surface area contributed by atoms with Crippen molar-refractivity contribution < 1.29 is 46.3 Å². The molecule has 4 rings (SSSR count). The quantitative estimate of drug-likeness (QED) is 0.157. The van der Waals surface area contributed by atoms with E-state index in [1.165, 1.54) is 12.1 Å². The van der Waals surface area contributed by atoms with Crippen molar-refractivity contribution >= 4 is 29.5 Å². The summed E-state index contributed by atoms with van der Waals surface area (Å²) in [5.41, 5.74) is -0.432. The largest absolute Gasteiger partial charge is 0.480 e. The Balaban J connectivity index is 1.39. The van der Waals surface area contributed by atoms with E-state index >= 15 is 4.39 Å². The van der Waals surface area contributed by atoms with Gasteiger partial charge in [-0.1, -0.05) is 11.2 Å². The van der Waals surface area contributed by atoms with E-state index in [2.05, 4.69) is 26.1 Å². The summed E-state index contributed by atoms with van der Waals surface area (Å²) < 4.78 is 63.7. The number of aliphatic carboxylic acids is 1. The van der Waals surface area contributed by atoms with Crippen LogP contribution in [0.2, 0.25) is 0 Å². The van der Waals surface area contributed by atoms with Crippen molar-refractivity contribution in [2.45, 2.75) is 45.0 Å². The minimum absolute atomic E-state index is 0.00734. The number of ether oxygens (including phenoxy) is 1. The van der Waals surface area contributed by atoms with Crippen molar-refractivity contribution in [2.24, 2.45) is 0 Å². The minimum atomic E-state index is -4.55. The summed E-state index contributed by atoms with van der Waals surface area (Å²) in [6.45, 7) is 5.21. The Morgan fingerprint density at radius 1 is 0.933 bits per heavy atom. The number of hydrogen-bond acceptors (Lipinski definition) is 7. The first kappa shape index (κ1) is 32.4. The van der Waals surface area contributed by atoms with E-state index in [-0.39, 0.29) is 35.0 Å². The number of benzene rings is 3. The van der Waals surface area contributed by atoms with E-state index < -0.39 is 47.3 Å². The van der Waals surface area contributed by atoms with E-state index in [9.17, 15) is 32.7 Å². The van der Waals surface area contributed by atoms with Crippen LogP contribution in [0.15, 0.2) is 71.3 Å². The maximum Gasteiger partial charge on any atom is 0.416 e. The standard InChI is InChI=1S/C30H27F4N5O6/c1-29(2,3)44-28(43)36-20-9-5-17(6-10-20)25-38-24(39-45-25)21-13-4-16(14-22(21)31)15-23(26(40)41)37-27(42)35-19-11-7-18(8-12-19)30(32,33)34/h4-14,23H,15H2,1-3H3,(H,36,43)(H,40,41)(H2,35,37,42). The lowest BCUT2D eigenvalue weighted by atomic mass is 10.0. The summed E-state index contributed by atoms with van der Waals surface area (Å²) in [4.78, 5) is 40.2. The summed E-state index contributed by atoms with van der Waals surface area (Å²) in [6.07, 6.45) is -5.49. The number of rotatable bonds is 8. The fourth-order valence-corrected chi connectivity index (χ4v) is 3.94. The molecule has 0 aliphatic rings. The second-order valence-electron chi connectivity index (χ2n) is 10.7. The van der Waals surface area contributed by atoms with Crippen LogP contribution in [0.3, 0.4) is 0 Å². The number of carbonyl (C=O) groups is 3. The van der Waals surface area contributed by atoms with E-state index in [1.807, 2.05) is 0 Å². The Labute approximate surface area is 253 Å². The highest BCUT2D eigenvalue weighted by atomic mass is 19.4. The molecule has 0 fully saturated rings. The maximum absolute atomic E-state index is 15.1. The highest BCUT2D eigenvalue weighted by Gasteiger charge is 2.30. The molecule has 1 aromatic heterocycles. The number of urea groups is 1. The van der Waals surface area contributed by atoms with Crippen molar-refractivity contribution in [2.75, 3.05) is 10.6 Å². The van der Waals surface area contributed by atoms with E-state index in [1.54, 1.807) is 45.0 Å². The number of amides is 3. The van der Waals surface area contributed by atoms with Gasteiger partial charge >= 0.3 is 24.3 Å². The van der Waals surface area contributed by atoms with Crippen LogP contribution in [0.5, 0.6) is 0 Å². The van der Waals surface area contributed by atoms with Gasteiger partial charge in [0.05, 0.1) is 11.1 Å². The lowest BCUT2D eigenvalue weighted by Gasteiger charge is -2.19. The fraction of sp³-hybridized carbons (Fsp3) is 0.233. The van der Waals surface area contributed by atoms with Gasteiger partial charge < -0.3 is 25.0 Å². The summed E-state index contributed by atoms with van der Waals surface area (Å²) in [5, 5.41) is 20.4. The molecule has 3 aromatic carbocycles. The van der Waals surface area contributed by atoms with Gasteiger partial charge in [0.1, 0.15) is 17.5 Å². The normalized spacial score (nSPS) is 12.2. The molecule has 0 saturated heterocycles. The monoisotopic (exact) mass is 629 g/mol. The zero-order valence-electron chi connectivity index (χ0n) is 24.0. The first-order chi connectivity index (χ1) is 21.1. The van der Waals surface area contributed by atoms with Crippen LogP contribution >= 0.6 is 0 Å². The lowest BCUT2D eigenvalue weighted by molar-refractivity contribution is -0.139. The van der Waals surface area contributed by atoms with Crippen molar-refractivity contribution in [1.29, 1.82) is 0 Å². The Morgan fingerprint density at radius 3 is 2.13 bits per heavy atom. The molecule has 11 nitrogen and oxygen atoms in total. The first-order valence-electron chi connectivity index (χ1n) is 13.3. The summed E-state index contributed by atoms with van der Waals surface area (Å²) in [7, 11) is 0. The average molecular weight is 630 g/mol. The van der Waals surface area contributed by atoms with Gasteiger partial charge in [0, 0.05) is 23.4 Å². The van der Waals surface area contributed by atoms with E-state index in [0.29, 0.717) is 11.3 Å². The summed E-state index contributed by atoms with van der Waals surface area (Å²) in [5.74, 6) is -2.20. The van der Waals surface area contributed by atoms with Crippen LogP contribution in [0.1, 0.15) is 31.9 Å². The molecule has 0 radical (unpaired) electrons. The molecule has 4 aromatic rings. The van der Waals surface area contributed by atoms with Crippen molar-refractivity contribution in [3.63, 3.8) is 0 Å². The van der Waals surface area contributed by atoms with Gasteiger partial charge in [0.25, 0.3) is 5.89 Å². The molecule has 1 unspecified atom stereocenters. The summed E-state index contributed by atoms with van der Waals surface area (Å²) in [6, 6.07) is 11.3. The van der Waals surface area contributed by atoms with Gasteiger partial charge in [-0.3, -0.25) is 5.32 Å². The fourth-order valence-electron chi connectivity index (χ4n) is 3.94. The second-order valence-corrected chi connectivity index (χ2v) is 10.7. The third-order valence-electron chi connectivity index (χ3n) is 5.99. The molecule has 3 amide bonds. The number of anilines is 2. The van der Waals surface area contributed by atoms with E-state index in [4.69, 9.17) is 9.26 Å². The van der Waals surface area contributed by atoms with Crippen LogP contribution in [0.25, 0.3) is 22.8 Å². The number of halogens is 4. The van der Waals surface area contributed by atoms with Crippen LogP contribution in [0, 0.1) is 5.82 Å². The third kappa shape index (κ3) is 9.01. The number of carboxylic acids is 1. The Morgan fingerprint density at radius 2 is 1.56 bits per heavy atom. The lowest BCUT2D eigenvalue weighted by Crippen LogP contribution is -2.44. The highest BCUT2D eigenvalue weighted by molar-refractivity contribution is 5.92. The van der Waals surface area contributed by atoms with Gasteiger partial charge in [-0.2, -0.15) is 18.2 Å². The molecule has 236 valence electrons. The zero-order valence-corrected chi connectivity index (χ0v) is 24.0. The first-order valence-corrected chi connectivity index (χ1v) is 13.3. The zero-order chi connectivity index (χ0) is 32.9. The molecule has 1 atom stereocenters. The van der Waals surface area contributed by atoms with Gasteiger partial charge in [0.15, 0.2) is 0 Å². The molecular formula is C30H27F4N5O6. The molecule has 0 bridgehead atoms. The van der Waals surface area contributed by atoms with Gasteiger partial charge in [-0.25, -0.2) is 18.8 Å². The summed E-state index contributed by atoms with van der Waals surface area (Å²) >= 11 is 0. The van der Waals surface area contributed by atoms with Crippen molar-refractivity contribution in [1.82, 2.24) is 15.5 Å². The molecule has 4 N–H and O–H groups in total. The van der Waals surface area contributed by atoms with Gasteiger partial charge in [-0.15, -0.1) is 0 Å². The number of hydrogen-bond donors (Lipinski definition) is 4. The van der Waals surface area contributed by atoms with Crippen molar-refractivity contribution in [3.8, 4) is 22.8 Å². The molecule has 0 aliphatic carbocycles. The van der Waals surface area contributed by atoms with Crippen LogP contribution in [0.4, 0.5) is 38.5 Å². The predicted octanol–water partition coefficient (Wildman–Crippen LogP) is 6.73. The smallest absolute Gasteiger partial charge is 0.416 e. The number of nitrogens with one attached hydrogen (secondary N) is 3. The number of nitrogens with zero attached hydrogens (tertiary/aromatic N) is 2. The SMILES string of the molecule is CC(C)(C)OC(=O)Nc1ccc(-c2nc(-c3ccc(CC(NC(=O)Nc4ccc(C(F)(F)F)cc4)C(=O)O)cc3F)no2)cc1. The second kappa shape index (κ2) is 13.0. The van der Waals surface area contributed by atoms with Crippen LogP contribution in [-0.2, 0) is 22.1 Å². The predicted molar refractivity (Wildman–Crippen MR) is 154 cm³/mol. The molecule has 15 heteroatoms. The number of alkyl halides is 3. The molecule has 0 aliphatic heterocycles. The maximum atomic E-state index is 15.1. The van der Waals surface area contributed by atoms with Crippen molar-refractivity contribution in [3.05, 3.63) is 83.7 Å². The Kier molecular flexibility index (Phi) is 9.40. The van der Waals surface area contributed by atoms with Crippen LogP contribution in [-0.4, -0.2) is 45.0 Å². The molecule has 45 heavy (non-hydrogen) atoms. The number of carbonyl (C=O) groups excluding carboxylic acids is 2. The molecule has 1 heterocycles. The average Bonchev–Trinajstić information content (AvgIpc) is 3.42.